The van der Waals surface area contributed by atoms with E-state index in [0.29, 0.717) is 17.2 Å². The first-order valence-electron chi connectivity index (χ1n) is 8.08. The van der Waals surface area contributed by atoms with Gasteiger partial charge in [0.05, 0.1) is 19.9 Å². The fourth-order valence-electron chi connectivity index (χ4n) is 2.39. The molecule has 2 aromatic carbocycles. The number of para-hydroxylation sites is 1. The topological polar surface area (TPSA) is 85.4 Å². The molecular formula is C19H16F2N4O3. The third-order valence-electron chi connectivity index (χ3n) is 3.77. The molecule has 1 amide bonds. The lowest BCUT2D eigenvalue weighted by Gasteiger charge is -2.12. The molecule has 3 aromatic rings. The summed E-state index contributed by atoms with van der Waals surface area (Å²) in [5.41, 5.74) is -0.0127. The monoisotopic (exact) mass is 386 g/mol. The highest BCUT2D eigenvalue weighted by molar-refractivity contribution is 6.04. The summed E-state index contributed by atoms with van der Waals surface area (Å²) < 4.78 is 37.9. The maximum Gasteiger partial charge on any atom is 0.274 e. The molecule has 0 aliphatic rings. The zero-order valence-electron chi connectivity index (χ0n) is 15.0. The van der Waals surface area contributed by atoms with Crippen LogP contribution >= 0.6 is 0 Å². The number of anilines is 3. The molecule has 144 valence electrons. The fourth-order valence-corrected chi connectivity index (χ4v) is 2.39. The molecule has 0 saturated carbocycles. The number of carbonyl (C=O) groups is 1. The van der Waals surface area contributed by atoms with Crippen LogP contribution < -0.4 is 20.1 Å². The molecule has 1 aromatic heterocycles. The molecule has 1 heterocycles. The molecule has 0 unspecified atom stereocenters. The van der Waals surface area contributed by atoms with Gasteiger partial charge in [-0.15, -0.1) is 0 Å². The molecule has 0 radical (unpaired) electrons. The summed E-state index contributed by atoms with van der Waals surface area (Å²) >= 11 is 0. The highest BCUT2D eigenvalue weighted by atomic mass is 19.1. The molecule has 0 aliphatic heterocycles. The van der Waals surface area contributed by atoms with Crippen LogP contribution in [0, 0.1) is 11.6 Å². The Morgan fingerprint density at radius 2 is 1.75 bits per heavy atom. The first kappa shape index (κ1) is 19.0. The van der Waals surface area contributed by atoms with Crippen molar-refractivity contribution >= 4 is 23.1 Å². The summed E-state index contributed by atoms with van der Waals surface area (Å²) in [7, 11) is 2.96. The summed E-state index contributed by atoms with van der Waals surface area (Å²) in [5, 5.41) is 5.17. The van der Waals surface area contributed by atoms with E-state index in [9.17, 15) is 13.6 Å². The Kier molecular flexibility index (Phi) is 5.64. The predicted molar refractivity (Wildman–Crippen MR) is 99.2 cm³/mol. The van der Waals surface area contributed by atoms with Crippen molar-refractivity contribution in [3.05, 3.63) is 66.1 Å². The Balaban J connectivity index is 1.83. The number of nitrogens with zero attached hydrogens (tertiary/aromatic N) is 2. The van der Waals surface area contributed by atoms with Crippen molar-refractivity contribution in [1.29, 1.82) is 0 Å². The minimum absolute atomic E-state index is 0.0147. The summed E-state index contributed by atoms with van der Waals surface area (Å²) in [6, 6.07) is 9.65. The molecule has 2 N–H and O–H groups in total. The largest absolute Gasteiger partial charge is 0.497 e. The van der Waals surface area contributed by atoms with E-state index in [2.05, 4.69) is 20.6 Å². The van der Waals surface area contributed by atoms with Crippen LogP contribution in [0.2, 0.25) is 0 Å². The van der Waals surface area contributed by atoms with E-state index in [1.54, 1.807) is 18.2 Å². The second kappa shape index (κ2) is 8.30. The van der Waals surface area contributed by atoms with E-state index in [-0.39, 0.29) is 17.2 Å². The number of benzene rings is 2. The molecule has 0 bridgehead atoms. The van der Waals surface area contributed by atoms with Gasteiger partial charge in [0.2, 0.25) is 0 Å². The second-order valence-corrected chi connectivity index (χ2v) is 5.53. The average molecular weight is 386 g/mol. The Hall–Kier alpha value is -3.75. The van der Waals surface area contributed by atoms with E-state index in [4.69, 9.17) is 9.47 Å². The van der Waals surface area contributed by atoms with Gasteiger partial charge in [-0.25, -0.2) is 18.7 Å². The lowest BCUT2D eigenvalue weighted by molar-refractivity contribution is 0.102. The number of halogens is 2. The molecule has 3 rings (SSSR count). The highest BCUT2D eigenvalue weighted by Crippen LogP contribution is 2.29. The maximum atomic E-state index is 13.8. The number of rotatable bonds is 6. The highest BCUT2D eigenvalue weighted by Gasteiger charge is 2.15. The minimum atomic E-state index is -0.786. The molecule has 28 heavy (non-hydrogen) atoms. The van der Waals surface area contributed by atoms with Gasteiger partial charge in [-0.3, -0.25) is 4.79 Å². The molecule has 0 atom stereocenters. The third-order valence-corrected chi connectivity index (χ3v) is 3.77. The van der Waals surface area contributed by atoms with Gasteiger partial charge in [0.25, 0.3) is 5.91 Å². The maximum absolute atomic E-state index is 13.8. The second-order valence-electron chi connectivity index (χ2n) is 5.53. The van der Waals surface area contributed by atoms with Crippen LogP contribution in [0.1, 0.15) is 10.5 Å². The number of aromatic nitrogens is 2. The summed E-state index contributed by atoms with van der Waals surface area (Å²) in [5.74, 6) is -1.13. The van der Waals surface area contributed by atoms with Crippen LogP contribution in [0.4, 0.5) is 26.0 Å². The number of amides is 1. The average Bonchev–Trinajstić information content (AvgIpc) is 2.71. The van der Waals surface area contributed by atoms with Crippen molar-refractivity contribution in [2.24, 2.45) is 0 Å². The van der Waals surface area contributed by atoms with Crippen LogP contribution in [-0.2, 0) is 0 Å². The summed E-state index contributed by atoms with van der Waals surface area (Å²) in [4.78, 5) is 20.3. The smallest absolute Gasteiger partial charge is 0.274 e. The van der Waals surface area contributed by atoms with Gasteiger partial charge in [-0.1, -0.05) is 6.07 Å². The van der Waals surface area contributed by atoms with Crippen LogP contribution in [0.25, 0.3) is 0 Å². The van der Waals surface area contributed by atoms with Crippen molar-refractivity contribution in [1.82, 2.24) is 9.97 Å². The normalized spacial score (nSPS) is 10.3. The fraction of sp³-hybridized carbons (Fsp3) is 0.105. The van der Waals surface area contributed by atoms with E-state index >= 15 is 0 Å². The van der Waals surface area contributed by atoms with Gasteiger partial charge in [-0.2, -0.15) is 0 Å². The van der Waals surface area contributed by atoms with E-state index < -0.39 is 17.5 Å². The lowest BCUT2D eigenvalue weighted by atomic mass is 10.2. The van der Waals surface area contributed by atoms with Crippen LogP contribution in [-0.4, -0.2) is 30.1 Å². The number of hydrogen-bond donors (Lipinski definition) is 2. The van der Waals surface area contributed by atoms with Crippen LogP contribution in [0.3, 0.4) is 0 Å². The molecule has 9 heteroatoms. The van der Waals surface area contributed by atoms with Crippen molar-refractivity contribution < 1.29 is 23.0 Å². The molecule has 0 saturated heterocycles. The predicted octanol–water partition coefficient (Wildman–Crippen LogP) is 3.77. The first-order chi connectivity index (χ1) is 13.5. The van der Waals surface area contributed by atoms with Crippen LogP contribution in [0.5, 0.6) is 11.5 Å². The zero-order valence-corrected chi connectivity index (χ0v) is 15.0. The first-order valence-corrected chi connectivity index (χ1v) is 8.08. The number of ether oxygens (including phenoxy) is 2. The van der Waals surface area contributed by atoms with Crippen LogP contribution in [0.15, 0.2) is 48.8 Å². The Morgan fingerprint density at radius 1 is 1.00 bits per heavy atom. The summed E-state index contributed by atoms with van der Waals surface area (Å²) in [6.07, 6.45) is 1.11. The zero-order chi connectivity index (χ0) is 20.1. The Morgan fingerprint density at radius 3 is 2.43 bits per heavy atom. The van der Waals surface area contributed by atoms with Crippen molar-refractivity contribution in [3.8, 4) is 11.5 Å². The van der Waals surface area contributed by atoms with Gasteiger partial charge in [-0.05, 0) is 24.3 Å². The lowest BCUT2D eigenvalue weighted by Crippen LogP contribution is -2.15. The van der Waals surface area contributed by atoms with Gasteiger partial charge in [0.15, 0.2) is 0 Å². The Labute approximate surface area is 159 Å². The number of carbonyl (C=O) groups excluding carboxylic acids is 1. The number of hydrogen-bond acceptors (Lipinski definition) is 6. The van der Waals surface area contributed by atoms with E-state index in [1.165, 1.54) is 26.4 Å². The van der Waals surface area contributed by atoms with Gasteiger partial charge >= 0.3 is 0 Å². The molecular weight excluding hydrogens is 370 g/mol. The quantitative estimate of drug-likeness (QED) is 0.671. The standard InChI is InChI=1S/C19H16F2N4O3/c1-27-11-6-7-16(28-2)14(8-11)24-19(26)15-9-17(23-10-22-15)25-18-12(20)4-3-5-13(18)21/h3-10H,1-2H3,(H,24,26)(H,22,23,25). The number of nitrogens with one attached hydrogen (secondary N) is 2. The van der Waals surface area contributed by atoms with Gasteiger partial charge in [0, 0.05) is 12.1 Å². The molecule has 0 fully saturated rings. The molecule has 7 nitrogen and oxygen atoms in total. The minimum Gasteiger partial charge on any atom is -0.497 e. The van der Waals surface area contributed by atoms with Gasteiger partial charge in [0.1, 0.15) is 46.7 Å². The molecule has 0 aliphatic carbocycles. The Bertz CT molecular complexity index is 994. The summed E-state index contributed by atoms with van der Waals surface area (Å²) in [6.45, 7) is 0. The molecule has 0 spiro atoms. The van der Waals surface area contributed by atoms with E-state index in [0.717, 1.165) is 18.5 Å². The SMILES string of the molecule is COc1ccc(OC)c(NC(=O)c2cc(Nc3c(F)cccc3F)ncn2)c1. The van der Waals surface area contributed by atoms with E-state index in [1.807, 2.05) is 0 Å². The van der Waals surface area contributed by atoms with Crippen molar-refractivity contribution in [2.75, 3.05) is 24.9 Å². The number of methoxy groups -OCH3 is 2. The third kappa shape index (κ3) is 4.14. The van der Waals surface area contributed by atoms with Crippen molar-refractivity contribution in [3.63, 3.8) is 0 Å². The van der Waals surface area contributed by atoms with Gasteiger partial charge < -0.3 is 20.1 Å². The van der Waals surface area contributed by atoms with Crippen molar-refractivity contribution in [2.45, 2.75) is 0 Å².